The second-order valence-electron chi connectivity index (χ2n) is 5.43. The van der Waals surface area contributed by atoms with E-state index in [1.54, 1.807) is 6.07 Å². The topological polar surface area (TPSA) is 76.7 Å². The van der Waals surface area contributed by atoms with Crippen LogP contribution in [0.2, 0.25) is 0 Å². The SMILES string of the molecule is CCCC(NCP)C(=O)NC(COOC)Cc1ccccc1C=O. The van der Waals surface area contributed by atoms with Crippen molar-refractivity contribution in [1.29, 1.82) is 0 Å². The van der Waals surface area contributed by atoms with Crippen LogP contribution in [0.3, 0.4) is 0 Å². The van der Waals surface area contributed by atoms with Gasteiger partial charge in [0.2, 0.25) is 5.91 Å². The molecule has 0 fully saturated rings. The number of benzene rings is 1. The first-order valence-electron chi connectivity index (χ1n) is 8.08. The third-order valence-electron chi connectivity index (χ3n) is 3.64. The Morgan fingerprint density at radius 1 is 1.38 bits per heavy atom. The van der Waals surface area contributed by atoms with E-state index in [9.17, 15) is 9.59 Å². The lowest BCUT2D eigenvalue weighted by Crippen LogP contribution is -2.49. The summed E-state index contributed by atoms with van der Waals surface area (Å²) in [6.07, 6.45) is 3.61. The maximum absolute atomic E-state index is 12.5. The minimum absolute atomic E-state index is 0.0763. The molecule has 1 rings (SSSR count). The third kappa shape index (κ3) is 7.05. The van der Waals surface area contributed by atoms with E-state index in [-0.39, 0.29) is 24.6 Å². The standard InChI is InChI=1S/C17H27N2O4P/c1-3-6-16(18-12-24)17(21)19-15(11-23-22-2)9-13-7-4-5-8-14(13)10-20/h4-5,7-8,10,15-16,18H,3,6,9,11-12,24H2,1-2H3,(H,19,21). The fourth-order valence-electron chi connectivity index (χ4n) is 2.46. The summed E-state index contributed by atoms with van der Waals surface area (Å²) in [6, 6.07) is 6.78. The van der Waals surface area contributed by atoms with Gasteiger partial charge in [-0.15, -0.1) is 9.24 Å². The zero-order valence-electron chi connectivity index (χ0n) is 14.3. The van der Waals surface area contributed by atoms with Gasteiger partial charge in [0.05, 0.1) is 19.2 Å². The van der Waals surface area contributed by atoms with Crippen LogP contribution in [0.25, 0.3) is 0 Å². The van der Waals surface area contributed by atoms with Gasteiger partial charge in [0.15, 0.2) is 0 Å². The van der Waals surface area contributed by atoms with Gasteiger partial charge in [-0.05, 0) is 18.4 Å². The van der Waals surface area contributed by atoms with Gasteiger partial charge in [0, 0.05) is 11.8 Å². The van der Waals surface area contributed by atoms with Crippen molar-refractivity contribution < 1.29 is 19.4 Å². The Balaban J connectivity index is 2.80. The molecule has 1 aromatic carbocycles. The number of carbonyl (C=O) groups excluding carboxylic acids is 2. The molecule has 3 unspecified atom stereocenters. The van der Waals surface area contributed by atoms with E-state index >= 15 is 0 Å². The predicted molar refractivity (Wildman–Crippen MR) is 96.8 cm³/mol. The fourth-order valence-corrected chi connectivity index (χ4v) is 2.75. The van der Waals surface area contributed by atoms with Crippen LogP contribution in [-0.2, 0) is 21.0 Å². The second-order valence-corrected chi connectivity index (χ2v) is 5.84. The van der Waals surface area contributed by atoms with Crippen LogP contribution in [0, 0.1) is 0 Å². The molecule has 0 heterocycles. The Morgan fingerprint density at radius 3 is 2.75 bits per heavy atom. The largest absolute Gasteiger partial charge is 0.349 e. The molecule has 0 spiro atoms. The first-order chi connectivity index (χ1) is 11.7. The summed E-state index contributed by atoms with van der Waals surface area (Å²) < 4.78 is 0. The van der Waals surface area contributed by atoms with E-state index in [0.29, 0.717) is 18.3 Å². The van der Waals surface area contributed by atoms with Gasteiger partial charge in [-0.3, -0.25) is 9.59 Å². The van der Waals surface area contributed by atoms with E-state index in [0.717, 1.165) is 24.7 Å². The van der Waals surface area contributed by atoms with Crippen molar-refractivity contribution in [3.05, 3.63) is 35.4 Å². The molecule has 0 aliphatic heterocycles. The predicted octanol–water partition coefficient (Wildman–Crippen LogP) is 1.70. The second kappa shape index (κ2) is 12.1. The van der Waals surface area contributed by atoms with E-state index in [1.807, 2.05) is 25.1 Å². The molecule has 24 heavy (non-hydrogen) atoms. The van der Waals surface area contributed by atoms with Gasteiger partial charge >= 0.3 is 0 Å². The molecule has 0 aliphatic rings. The molecule has 3 atom stereocenters. The highest BCUT2D eigenvalue weighted by molar-refractivity contribution is 7.16. The van der Waals surface area contributed by atoms with Crippen LogP contribution in [0.1, 0.15) is 35.7 Å². The van der Waals surface area contributed by atoms with Gasteiger partial charge < -0.3 is 10.6 Å². The van der Waals surface area contributed by atoms with Crippen LogP contribution in [0.15, 0.2) is 24.3 Å². The summed E-state index contributed by atoms with van der Waals surface area (Å²) in [7, 11) is 3.99. The average molecular weight is 354 g/mol. The zero-order chi connectivity index (χ0) is 17.8. The zero-order valence-corrected chi connectivity index (χ0v) is 15.4. The molecule has 0 aliphatic carbocycles. The molecule has 2 N–H and O–H groups in total. The highest BCUT2D eigenvalue weighted by Gasteiger charge is 2.21. The summed E-state index contributed by atoms with van der Waals surface area (Å²) >= 11 is 0. The summed E-state index contributed by atoms with van der Waals surface area (Å²) in [4.78, 5) is 33.3. The normalized spacial score (nSPS) is 13.3. The van der Waals surface area contributed by atoms with E-state index < -0.39 is 0 Å². The maximum atomic E-state index is 12.5. The van der Waals surface area contributed by atoms with Crippen molar-refractivity contribution in [2.24, 2.45) is 0 Å². The molecule has 0 aromatic heterocycles. The molecule has 0 saturated heterocycles. The van der Waals surface area contributed by atoms with Crippen molar-refractivity contribution in [3.63, 3.8) is 0 Å². The van der Waals surface area contributed by atoms with Crippen molar-refractivity contribution in [3.8, 4) is 0 Å². The van der Waals surface area contributed by atoms with Gasteiger partial charge in [-0.25, -0.2) is 9.78 Å². The van der Waals surface area contributed by atoms with E-state index in [2.05, 4.69) is 24.8 Å². The molecule has 1 amide bonds. The Bertz CT molecular complexity index is 507. The number of carbonyl (C=O) groups is 2. The Hall–Kier alpha value is -1.33. The summed E-state index contributed by atoms with van der Waals surface area (Å²) in [5, 5.41) is 6.14. The molecule has 7 heteroatoms. The smallest absolute Gasteiger partial charge is 0.237 e. The van der Waals surface area contributed by atoms with Crippen molar-refractivity contribution in [1.82, 2.24) is 10.6 Å². The van der Waals surface area contributed by atoms with Crippen LogP contribution < -0.4 is 10.6 Å². The quantitative estimate of drug-likeness (QED) is 0.259. The van der Waals surface area contributed by atoms with Crippen LogP contribution in [0.5, 0.6) is 0 Å². The van der Waals surface area contributed by atoms with Gasteiger partial charge in [-0.2, -0.15) is 0 Å². The molecule has 6 nitrogen and oxygen atoms in total. The Labute approximate surface area is 145 Å². The third-order valence-corrected chi connectivity index (χ3v) is 3.88. The summed E-state index contributed by atoms with van der Waals surface area (Å²) in [6.45, 7) is 2.24. The first kappa shape index (κ1) is 20.7. The minimum atomic E-state index is -0.288. The Kier molecular flexibility index (Phi) is 10.4. The first-order valence-corrected chi connectivity index (χ1v) is 8.90. The molecular weight excluding hydrogens is 327 g/mol. The monoisotopic (exact) mass is 354 g/mol. The van der Waals surface area contributed by atoms with Crippen molar-refractivity contribution in [2.45, 2.75) is 38.3 Å². The summed E-state index contributed by atoms with van der Waals surface area (Å²) in [5.41, 5.74) is 1.48. The fraction of sp³-hybridized carbons (Fsp3) is 0.529. The summed E-state index contributed by atoms with van der Waals surface area (Å²) in [5.74, 6) is -0.0763. The number of nitrogens with one attached hydrogen (secondary N) is 2. The molecule has 1 aromatic rings. The van der Waals surface area contributed by atoms with Crippen LogP contribution in [-0.4, -0.2) is 44.3 Å². The molecule has 0 bridgehead atoms. The van der Waals surface area contributed by atoms with Crippen LogP contribution >= 0.6 is 9.24 Å². The minimum Gasteiger partial charge on any atom is -0.349 e. The van der Waals surface area contributed by atoms with Gasteiger partial charge in [0.25, 0.3) is 0 Å². The maximum Gasteiger partial charge on any atom is 0.237 e. The lowest BCUT2D eigenvalue weighted by atomic mass is 10.0. The lowest BCUT2D eigenvalue weighted by molar-refractivity contribution is -0.275. The number of rotatable bonds is 12. The van der Waals surface area contributed by atoms with E-state index in [4.69, 9.17) is 4.89 Å². The number of amides is 1. The lowest BCUT2D eigenvalue weighted by Gasteiger charge is -2.23. The number of hydrogen-bond acceptors (Lipinski definition) is 5. The number of hydrogen-bond donors (Lipinski definition) is 2. The molecular formula is C17H27N2O4P. The highest BCUT2D eigenvalue weighted by atomic mass is 31.0. The highest BCUT2D eigenvalue weighted by Crippen LogP contribution is 2.10. The van der Waals surface area contributed by atoms with Gasteiger partial charge in [0.1, 0.15) is 12.9 Å². The van der Waals surface area contributed by atoms with Gasteiger partial charge in [-0.1, -0.05) is 37.6 Å². The molecule has 0 saturated carbocycles. The van der Waals surface area contributed by atoms with Crippen molar-refractivity contribution in [2.75, 3.05) is 20.0 Å². The number of aldehydes is 1. The van der Waals surface area contributed by atoms with Crippen LogP contribution in [0.4, 0.5) is 0 Å². The molecule has 0 radical (unpaired) electrons. The molecule has 134 valence electrons. The average Bonchev–Trinajstić information content (AvgIpc) is 2.59. The van der Waals surface area contributed by atoms with E-state index in [1.165, 1.54) is 7.11 Å². The van der Waals surface area contributed by atoms with Crippen molar-refractivity contribution >= 4 is 21.4 Å². The Morgan fingerprint density at radius 2 is 2.12 bits per heavy atom.